The Morgan fingerprint density at radius 1 is 1.21 bits per heavy atom. The molecule has 0 saturated carbocycles. The highest BCUT2D eigenvalue weighted by molar-refractivity contribution is 7.15. The van der Waals surface area contributed by atoms with Crippen LogP contribution in [0.5, 0.6) is 5.75 Å². The van der Waals surface area contributed by atoms with E-state index in [2.05, 4.69) is 19.2 Å². The van der Waals surface area contributed by atoms with Crippen molar-refractivity contribution >= 4 is 28.2 Å². The van der Waals surface area contributed by atoms with E-state index in [1.807, 2.05) is 23.6 Å². The standard InChI is InChI=1S/C18H21NO4S/c1-12(2)9-13-11-24-17(16(13)18(21)22-3)19-15(20)10-23-14-7-5-4-6-8-14/h4-8,11-12H,9-10H2,1-3H3,(H,19,20). The van der Waals surface area contributed by atoms with E-state index < -0.39 is 5.97 Å². The number of thiophene rings is 1. The van der Waals surface area contributed by atoms with Crippen LogP contribution in [0.15, 0.2) is 35.7 Å². The maximum Gasteiger partial charge on any atom is 0.341 e. The van der Waals surface area contributed by atoms with Crippen LogP contribution >= 0.6 is 11.3 Å². The van der Waals surface area contributed by atoms with Gasteiger partial charge in [0.25, 0.3) is 5.91 Å². The molecule has 6 heteroatoms. The molecule has 1 amide bonds. The molecule has 24 heavy (non-hydrogen) atoms. The van der Waals surface area contributed by atoms with Crippen molar-refractivity contribution in [1.29, 1.82) is 0 Å². The summed E-state index contributed by atoms with van der Waals surface area (Å²) in [5, 5.41) is 5.13. The summed E-state index contributed by atoms with van der Waals surface area (Å²) in [5.74, 6) is 0.258. The number of ether oxygens (including phenoxy) is 2. The van der Waals surface area contributed by atoms with Crippen LogP contribution in [0, 0.1) is 5.92 Å². The molecule has 5 nitrogen and oxygen atoms in total. The summed E-state index contributed by atoms with van der Waals surface area (Å²) >= 11 is 1.32. The molecule has 2 rings (SSSR count). The van der Waals surface area contributed by atoms with Crippen LogP contribution in [-0.2, 0) is 16.0 Å². The number of methoxy groups -OCH3 is 1. The fourth-order valence-corrected chi connectivity index (χ4v) is 3.21. The van der Waals surface area contributed by atoms with Gasteiger partial charge in [-0.25, -0.2) is 4.79 Å². The Hall–Kier alpha value is -2.34. The van der Waals surface area contributed by atoms with Gasteiger partial charge in [0, 0.05) is 0 Å². The lowest BCUT2D eigenvalue weighted by Gasteiger charge is -2.09. The second kappa shape index (κ2) is 8.49. The van der Waals surface area contributed by atoms with Crippen molar-refractivity contribution in [3.8, 4) is 5.75 Å². The highest BCUT2D eigenvalue weighted by Crippen LogP contribution is 2.30. The second-order valence-electron chi connectivity index (χ2n) is 5.70. The van der Waals surface area contributed by atoms with Gasteiger partial charge >= 0.3 is 5.97 Å². The SMILES string of the molecule is COC(=O)c1c(CC(C)C)csc1NC(=O)COc1ccccc1. The van der Waals surface area contributed by atoms with Crippen LogP contribution in [0.2, 0.25) is 0 Å². The zero-order valence-electron chi connectivity index (χ0n) is 14.0. The van der Waals surface area contributed by atoms with Gasteiger partial charge in [-0.05, 0) is 35.4 Å². The van der Waals surface area contributed by atoms with E-state index in [0.29, 0.717) is 22.2 Å². The van der Waals surface area contributed by atoms with Gasteiger partial charge in [0.05, 0.1) is 12.7 Å². The zero-order chi connectivity index (χ0) is 17.5. The summed E-state index contributed by atoms with van der Waals surface area (Å²) in [6, 6.07) is 9.09. The first-order chi connectivity index (χ1) is 11.5. The Morgan fingerprint density at radius 2 is 1.92 bits per heavy atom. The van der Waals surface area contributed by atoms with Gasteiger partial charge in [0.1, 0.15) is 10.8 Å². The van der Waals surface area contributed by atoms with Crippen LogP contribution in [-0.4, -0.2) is 25.6 Å². The third-order valence-corrected chi connectivity index (χ3v) is 4.20. The molecule has 0 atom stereocenters. The third-order valence-electron chi connectivity index (χ3n) is 3.25. The number of amides is 1. The largest absolute Gasteiger partial charge is 0.484 e. The van der Waals surface area contributed by atoms with Crippen molar-refractivity contribution in [2.75, 3.05) is 19.0 Å². The van der Waals surface area contributed by atoms with E-state index in [9.17, 15) is 9.59 Å². The first kappa shape index (κ1) is 18.0. The molecule has 0 aliphatic carbocycles. The van der Waals surface area contributed by atoms with Gasteiger partial charge in [-0.2, -0.15) is 0 Å². The van der Waals surface area contributed by atoms with E-state index >= 15 is 0 Å². The Labute approximate surface area is 145 Å². The van der Waals surface area contributed by atoms with Gasteiger partial charge in [-0.3, -0.25) is 4.79 Å². The number of para-hydroxylation sites is 1. The lowest BCUT2D eigenvalue weighted by atomic mass is 10.0. The first-order valence-corrected chi connectivity index (χ1v) is 8.55. The number of esters is 1. The molecule has 1 aromatic heterocycles. The molecule has 0 fully saturated rings. The van der Waals surface area contributed by atoms with Gasteiger partial charge in [0.15, 0.2) is 6.61 Å². The smallest absolute Gasteiger partial charge is 0.341 e. The molecule has 0 aliphatic heterocycles. The number of carbonyl (C=O) groups is 2. The number of hydrogen-bond donors (Lipinski definition) is 1. The summed E-state index contributed by atoms with van der Waals surface area (Å²) in [7, 11) is 1.34. The number of rotatable bonds is 7. The third kappa shape index (κ3) is 4.83. The molecule has 0 radical (unpaired) electrons. The lowest BCUT2D eigenvalue weighted by Crippen LogP contribution is -2.21. The predicted molar refractivity (Wildman–Crippen MR) is 94.8 cm³/mol. The molecule has 0 aliphatic rings. The minimum atomic E-state index is -0.439. The van der Waals surface area contributed by atoms with E-state index in [1.165, 1.54) is 18.4 Å². The molecule has 0 unspecified atom stereocenters. The average Bonchev–Trinajstić information content (AvgIpc) is 2.94. The van der Waals surface area contributed by atoms with Crippen molar-refractivity contribution < 1.29 is 19.1 Å². The molecular formula is C18H21NO4S. The van der Waals surface area contributed by atoms with Crippen molar-refractivity contribution in [3.05, 3.63) is 46.8 Å². The number of nitrogens with one attached hydrogen (secondary N) is 1. The minimum absolute atomic E-state index is 0.123. The Balaban J connectivity index is 2.06. The number of carbonyl (C=O) groups excluding carboxylic acids is 2. The summed E-state index contributed by atoms with van der Waals surface area (Å²) in [5.41, 5.74) is 1.32. The highest BCUT2D eigenvalue weighted by Gasteiger charge is 2.21. The number of benzene rings is 1. The summed E-state index contributed by atoms with van der Waals surface area (Å²) in [6.07, 6.45) is 0.747. The van der Waals surface area contributed by atoms with Crippen LogP contribution in [0.3, 0.4) is 0 Å². The summed E-state index contributed by atoms with van der Waals surface area (Å²) in [6.45, 7) is 4.03. The molecule has 0 spiro atoms. The molecule has 128 valence electrons. The van der Waals surface area contributed by atoms with E-state index in [-0.39, 0.29) is 12.5 Å². The number of anilines is 1. The van der Waals surface area contributed by atoms with Gasteiger partial charge in [-0.15, -0.1) is 11.3 Å². The van der Waals surface area contributed by atoms with E-state index in [1.54, 1.807) is 12.1 Å². The van der Waals surface area contributed by atoms with Crippen LogP contribution in [0.1, 0.15) is 29.8 Å². The van der Waals surface area contributed by atoms with Gasteiger partial charge in [0.2, 0.25) is 0 Å². The summed E-state index contributed by atoms with van der Waals surface area (Å²) < 4.78 is 10.3. The molecule has 1 aromatic carbocycles. The van der Waals surface area contributed by atoms with Crippen LogP contribution < -0.4 is 10.1 Å². The molecular weight excluding hydrogens is 326 g/mol. The van der Waals surface area contributed by atoms with Crippen molar-refractivity contribution in [1.82, 2.24) is 0 Å². The maximum absolute atomic E-state index is 12.1. The maximum atomic E-state index is 12.1. The molecule has 0 bridgehead atoms. The van der Waals surface area contributed by atoms with E-state index in [4.69, 9.17) is 9.47 Å². The fourth-order valence-electron chi connectivity index (χ4n) is 2.23. The molecule has 0 saturated heterocycles. The Bertz CT molecular complexity index is 694. The molecule has 1 N–H and O–H groups in total. The minimum Gasteiger partial charge on any atom is -0.484 e. The normalized spacial score (nSPS) is 10.5. The predicted octanol–water partition coefficient (Wildman–Crippen LogP) is 3.75. The fraction of sp³-hybridized carbons (Fsp3) is 0.333. The lowest BCUT2D eigenvalue weighted by molar-refractivity contribution is -0.118. The topological polar surface area (TPSA) is 64.6 Å². The van der Waals surface area contributed by atoms with Gasteiger partial charge in [-0.1, -0.05) is 32.0 Å². The quantitative estimate of drug-likeness (QED) is 0.775. The second-order valence-corrected chi connectivity index (χ2v) is 6.58. The van der Waals surface area contributed by atoms with Crippen molar-refractivity contribution in [2.24, 2.45) is 5.92 Å². The zero-order valence-corrected chi connectivity index (χ0v) is 14.8. The van der Waals surface area contributed by atoms with Crippen molar-refractivity contribution in [3.63, 3.8) is 0 Å². The number of hydrogen-bond acceptors (Lipinski definition) is 5. The van der Waals surface area contributed by atoms with Crippen LogP contribution in [0.4, 0.5) is 5.00 Å². The van der Waals surface area contributed by atoms with Gasteiger partial charge < -0.3 is 14.8 Å². The highest BCUT2D eigenvalue weighted by atomic mass is 32.1. The average molecular weight is 347 g/mol. The van der Waals surface area contributed by atoms with Crippen molar-refractivity contribution in [2.45, 2.75) is 20.3 Å². The monoisotopic (exact) mass is 347 g/mol. The van der Waals surface area contributed by atoms with Crippen LogP contribution in [0.25, 0.3) is 0 Å². The molecule has 1 heterocycles. The first-order valence-electron chi connectivity index (χ1n) is 7.67. The molecule has 2 aromatic rings. The summed E-state index contributed by atoms with van der Waals surface area (Å²) in [4.78, 5) is 24.2. The van der Waals surface area contributed by atoms with E-state index in [0.717, 1.165) is 12.0 Å². The Morgan fingerprint density at radius 3 is 2.54 bits per heavy atom. The Kier molecular flexibility index (Phi) is 6.37.